The van der Waals surface area contributed by atoms with E-state index in [0.717, 1.165) is 50.3 Å². The third-order valence-electron chi connectivity index (χ3n) is 4.41. The molecule has 0 unspecified atom stereocenters. The van der Waals surface area contributed by atoms with Gasteiger partial charge in [-0.15, -0.1) is 24.0 Å². The number of rotatable bonds is 8. The zero-order chi connectivity index (χ0) is 16.3. The summed E-state index contributed by atoms with van der Waals surface area (Å²) >= 11 is 0. The third-order valence-corrected chi connectivity index (χ3v) is 4.41. The molecule has 1 aromatic heterocycles. The van der Waals surface area contributed by atoms with Crippen LogP contribution in [-0.4, -0.2) is 55.1 Å². The van der Waals surface area contributed by atoms with Crippen molar-refractivity contribution >= 4 is 29.9 Å². The van der Waals surface area contributed by atoms with Gasteiger partial charge in [-0.3, -0.25) is 9.98 Å². The Labute approximate surface area is 163 Å². The lowest BCUT2D eigenvalue weighted by Gasteiger charge is -2.23. The summed E-state index contributed by atoms with van der Waals surface area (Å²) in [5, 5.41) is 6.70. The van der Waals surface area contributed by atoms with Crippen LogP contribution in [0.5, 0.6) is 0 Å². The van der Waals surface area contributed by atoms with Crippen LogP contribution in [0.4, 0.5) is 0 Å². The van der Waals surface area contributed by atoms with Gasteiger partial charge >= 0.3 is 0 Å². The Morgan fingerprint density at radius 3 is 2.75 bits per heavy atom. The van der Waals surface area contributed by atoms with E-state index >= 15 is 0 Å². The molecule has 0 saturated heterocycles. The first-order chi connectivity index (χ1) is 11.3. The second kappa shape index (κ2) is 12.5. The van der Waals surface area contributed by atoms with Crippen molar-refractivity contribution in [1.29, 1.82) is 0 Å². The molecule has 0 bridgehead atoms. The van der Waals surface area contributed by atoms with E-state index in [9.17, 15) is 0 Å². The number of aromatic nitrogens is 1. The van der Waals surface area contributed by atoms with Crippen molar-refractivity contribution in [3.8, 4) is 0 Å². The number of hydrogen-bond acceptors (Lipinski definition) is 3. The van der Waals surface area contributed by atoms with Crippen molar-refractivity contribution in [3.05, 3.63) is 30.1 Å². The van der Waals surface area contributed by atoms with Gasteiger partial charge in [-0.05, 0) is 38.9 Å². The first-order valence-electron chi connectivity index (χ1n) is 8.92. The summed E-state index contributed by atoms with van der Waals surface area (Å²) in [7, 11) is 2.23. The first-order valence-corrected chi connectivity index (χ1v) is 8.92. The van der Waals surface area contributed by atoms with Gasteiger partial charge in [-0.2, -0.15) is 0 Å². The van der Waals surface area contributed by atoms with E-state index in [1.165, 1.54) is 25.7 Å². The highest BCUT2D eigenvalue weighted by molar-refractivity contribution is 14.0. The van der Waals surface area contributed by atoms with E-state index in [4.69, 9.17) is 0 Å². The van der Waals surface area contributed by atoms with Gasteiger partial charge in [0.05, 0.1) is 6.54 Å². The highest BCUT2D eigenvalue weighted by Gasteiger charge is 2.18. The molecule has 0 spiro atoms. The second-order valence-electron chi connectivity index (χ2n) is 6.18. The molecule has 5 nitrogen and oxygen atoms in total. The quantitative estimate of drug-likeness (QED) is 0.367. The van der Waals surface area contributed by atoms with Gasteiger partial charge in [0.2, 0.25) is 0 Å². The van der Waals surface area contributed by atoms with E-state index in [1.54, 1.807) is 0 Å². The van der Waals surface area contributed by atoms with Gasteiger partial charge in [-0.25, -0.2) is 0 Å². The van der Waals surface area contributed by atoms with Gasteiger partial charge < -0.3 is 15.5 Å². The summed E-state index contributed by atoms with van der Waals surface area (Å²) in [4.78, 5) is 11.5. The van der Waals surface area contributed by atoms with Crippen molar-refractivity contribution in [3.63, 3.8) is 0 Å². The molecule has 136 valence electrons. The standard InChI is InChI=1S/C18H31N5.HI/c1-3-19-18(21-13-11-16-8-6-7-12-20-16)22-14-15-23(2)17-9-4-5-10-17;/h6-8,12,17H,3-5,9-11,13-15H2,1-2H3,(H2,19,21,22);1H. The van der Waals surface area contributed by atoms with Crippen molar-refractivity contribution in [1.82, 2.24) is 20.5 Å². The van der Waals surface area contributed by atoms with E-state index in [2.05, 4.69) is 45.5 Å². The van der Waals surface area contributed by atoms with Crippen molar-refractivity contribution in [2.45, 2.75) is 45.1 Å². The summed E-state index contributed by atoms with van der Waals surface area (Å²) < 4.78 is 0. The first kappa shape index (κ1) is 21.2. The number of pyridine rings is 1. The molecule has 0 amide bonds. The van der Waals surface area contributed by atoms with E-state index < -0.39 is 0 Å². The number of guanidine groups is 1. The normalized spacial score (nSPS) is 15.4. The summed E-state index contributed by atoms with van der Waals surface area (Å²) in [5.74, 6) is 0.906. The number of aliphatic imine (C=N–C) groups is 1. The fourth-order valence-electron chi connectivity index (χ4n) is 3.04. The van der Waals surface area contributed by atoms with Crippen molar-refractivity contribution in [2.24, 2.45) is 4.99 Å². The number of hydrogen-bond donors (Lipinski definition) is 2. The zero-order valence-corrected chi connectivity index (χ0v) is 17.3. The maximum absolute atomic E-state index is 4.69. The Bertz CT molecular complexity index is 460. The van der Waals surface area contributed by atoms with Gasteiger partial charge in [0, 0.05) is 44.0 Å². The Kier molecular flexibility index (Phi) is 11.0. The van der Waals surface area contributed by atoms with E-state index in [-0.39, 0.29) is 24.0 Å². The minimum Gasteiger partial charge on any atom is -0.357 e. The smallest absolute Gasteiger partial charge is 0.191 e. The van der Waals surface area contributed by atoms with Crippen LogP contribution in [0.15, 0.2) is 29.4 Å². The summed E-state index contributed by atoms with van der Waals surface area (Å²) in [6.07, 6.45) is 8.22. The second-order valence-corrected chi connectivity index (χ2v) is 6.18. The van der Waals surface area contributed by atoms with Crippen LogP contribution in [0.25, 0.3) is 0 Å². The topological polar surface area (TPSA) is 52.6 Å². The molecule has 2 N–H and O–H groups in total. The Morgan fingerprint density at radius 2 is 2.08 bits per heavy atom. The van der Waals surface area contributed by atoms with Crippen LogP contribution in [0, 0.1) is 0 Å². The molecule has 1 heterocycles. The average Bonchev–Trinajstić information content (AvgIpc) is 3.10. The molecule has 6 heteroatoms. The fourth-order valence-corrected chi connectivity index (χ4v) is 3.04. The number of nitrogens with zero attached hydrogens (tertiary/aromatic N) is 3. The molecule has 1 aromatic rings. The van der Waals surface area contributed by atoms with Crippen molar-refractivity contribution in [2.75, 3.05) is 33.2 Å². The van der Waals surface area contributed by atoms with Gasteiger partial charge in [-0.1, -0.05) is 18.9 Å². The predicted molar refractivity (Wildman–Crippen MR) is 112 cm³/mol. The maximum atomic E-state index is 4.69. The molecule has 1 aliphatic rings. The lowest BCUT2D eigenvalue weighted by atomic mass is 10.2. The SMILES string of the molecule is CCNC(=NCCN(C)C1CCCC1)NCCc1ccccn1.I. The van der Waals surface area contributed by atoms with E-state index in [0.29, 0.717) is 0 Å². The molecule has 24 heavy (non-hydrogen) atoms. The van der Waals surface area contributed by atoms with Gasteiger partial charge in [0.15, 0.2) is 5.96 Å². The lowest BCUT2D eigenvalue weighted by Crippen LogP contribution is -2.39. The Hall–Kier alpha value is -0.890. The predicted octanol–water partition coefficient (Wildman–Crippen LogP) is 2.67. The Balaban J connectivity index is 0.00000288. The summed E-state index contributed by atoms with van der Waals surface area (Å²) in [5.41, 5.74) is 1.11. The van der Waals surface area contributed by atoms with Crippen LogP contribution >= 0.6 is 24.0 Å². The monoisotopic (exact) mass is 445 g/mol. The molecule has 0 atom stereocenters. The fraction of sp³-hybridized carbons (Fsp3) is 0.667. The summed E-state index contributed by atoms with van der Waals surface area (Å²) in [6, 6.07) is 6.80. The van der Waals surface area contributed by atoms with Crippen molar-refractivity contribution < 1.29 is 0 Å². The molecule has 1 fully saturated rings. The maximum Gasteiger partial charge on any atom is 0.191 e. The molecule has 0 radical (unpaired) electrons. The molecule has 2 rings (SSSR count). The highest BCUT2D eigenvalue weighted by Crippen LogP contribution is 2.21. The van der Waals surface area contributed by atoms with Crippen LogP contribution in [0.2, 0.25) is 0 Å². The van der Waals surface area contributed by atoms with Crippen LogP contribution in [0.3, 0.4) is 0 Å². The molecule has 0 aliphatic heterocycles. The van der Waals surface area contributed by atoms with Crippen LogP contribution in [-0.2, 0) is 6.42 Å². The molecular weight excluding hydrogens is 413 g/mol. The molecule has 0 aromatic carbocycles. The zero-order valence-electron chi connectivity index (χ0n) is 15.0. The average molecular weight is 445 g/mol. The highest BCUT2D eigenvalue weighted by atomic mass is 127. The summed E-state index contributed by atoms with van der Waals surface area (Å²) in [6.45, 7) is 5.70. The number of halogens is 1. The third kappa shape index (κ3) is 7.79. The van der Waals surface area contributed by atoms with Gasteiger partial charge in [0.1, 0.15) is 0 Å². The van der Waals surface area contributed by atoms with E-state index in [1.807, 2.05) is 18.3 Å². The van der Waals surface area contributed by atoms with Gasteiger partial charge in [0.25, 0.3) is 0 Å². The minimum atomic E-state index is 0. The molecule has 1 saturated carbocycles. The lowest BCUT2D eigenvalue weighted by molar-refractivity contribution is 0.252. The number of likely N-dealkylation sites (N-methyl/N-ethyl adjacent to an activating group) is 1. The molecule has 1 aliphatic carbocycles. The van der Waals surface area contributed by atoms with Crippen LogP contribution < -0.4 is 10.6 Å². The molecular formula is C18H32IN5. The van der Waals surface area contributed by atoms with Crippen LogP contribution in [0.1, 0.15) is 38.3 Å². The Morgan fingerprint density at radius 1 is 1.29 bits per heavy atom. The largest absolute Gasteiger partial charge is 0.357 e. The minimum absolute atomic E-state index is 0. The number of nitrogens with one attached hydrogen (secondary N) is 2.